The molecule has 1 atom stereocenters. The summed E-state index contributed by atoms with van der Waals surface area (Å²) in [5.41, 5.74) is 3.19. The van der Waals surface area contributed by atoms with Crippen LogP contribution in [0.2, 0.25) is 0 Å². The summed E-state index contributed by atoms with van der Waals surface area (Å²) in [5.74, 6) is 1.67. The van der Waals surface area contributed by atoms with Gasteiger partial charge in [-0.05, 0) is 26.0 Å². The molecule has 6 heteroatoms. The second-order valence-corrected chi connectivity index (χ2v) is 5.62. The molecule has 1 aliphatic rings. The first-order valence-corrected chi connectivity index (χ1v) is 7.85. The number of amides is 1. The predicted octanol–water partition coefficient (Wildman–Crippen LogP) is 2.33. The molecule has 1 N–H and O–H groups in total. The van der Waals surface area contributed by atoms with Gasteiger partial charge in [-0.25, -0.2) is 4.79 Å². The molecule has 0 fully saturated rings. The molecule has 0 saturated carbocycles. The maximum Gasteiger partial charge on any atom is 0.410 e. The fourth-order valence-corrected chi connectivity index (χ4v) is 3.28. The summed E-state index contributed by atoms with van der Waals surface area (Å²) in [6.45, 7) is 3.25. The van der Waals surface area contributed by atoms with Crippen LogP contribution in [0.4, 0.5) is 4.79 Å². The van der Waals surface area contributed by atoms with Crippen molar-refractivity contribution < 1.29 is 19.0 Å². The third kappa shape index (κ3) is 3.22. The lowest BCUT2D eigenvalue weighted by atomic mass is 9.89. The molecule has 23 heavy (non-hydrogen) atoms. The number of rotatable bonds is 5. The molecule has 1 aromatic carbocycles. The topological polar surface area (TPSA) is 60.0 Å². The van der Waals surface area contributed by atoms with Crippen molar-refractivity contribution in [3.63, 3.8) is 0 Å². The van der Waals surface area contributed by atoms with E-state index in [9.17, 15) is 4.79 Å². The van der Waals surface area contributed by atoms with Crippen molar-refractivity contribution >= 4 is 6.09 Å². The zero-order chi connectivity index (χ0) is 17.0. The normalized spacial score (nSPS) is 16.7. The Morgan fingerprint density at radius 2 is 2.04 bits per heavy atom. The first kappa shape index (κ1) is 17.4. The molecular weight excluding hydrogens is 296 g/mol. The zero-order valence-corrected chi connectivity index (χ0v) is 14.6. The number of carbonyl (C=O) groups is 1. The maximum absolute atomic E-state index is 12.1. The standard InChI is InChI=1S/C17H26N2O4/c1-6-12-8-13-14(10-19(12)17(20)23-5)15(21-3)7-11(9-18-2)16(13)22-4/h7,12,18H,6,8-10H2,1-5H3. The van der Waals surface area contributed by atoms with Crippen LogP contribution in [0.1, 0.15) is 30.0 Å². The first-order chi connectivity index (χ1) is 11.1. The van der Waals surface area contributed by atoms with E-state index < -0.39 is 0 Å². The zero-order valence-electron chi connectivity index (χ0n) is 14.6. The van der Waals surface area contributed by atoms with Crippen molar-refractivity contribution in [1.82, 2.24) is 10.2 Å². The summed E-state index contributed by atoms with van der Waals surface area (Å²) in [4.78, 5) is 13.9. The number of nitrogens with zero attached hydrogens (tertiary/aromatic N) is 1. The second-order valence-electron chi connectivity index (χ2n) is 5.62. The Morgan fingerprint density at radius 1 is 1.30 bits per heavy atom. The van der Waals surface area contributed by atoms with E-state index in [4.69, 9.17) is 14.2 Å². The smallest absolute Gasteiger partial charge is 0.410 e. The SMILES string of the molecule is CCC1Cc2c(c(OC)cc(CNC)c2OC)CN1C(=O)OC. The summed E-state index contributed by atoms with van der Waals surface area (Å²) >= 11 is 0. The van der Waals surface area contributed by atoms with Crippen LogP contribution >= 0.6 is 0 Å². The van der Waals surface area contributed by atoms with Gasteiger partial charge in [-0.3, -0.25) is 0 Å². The monoisotopic (exact) mass is 322 g/mol. The van der Waals surface area contributed by atoms with Crippen LogP contribution in [0, 0.1) is 0 Å². The highest BCUT2D eigenvalue weighted by Gasteiger charge is 2.33. The van der Waals surface area contributed by atoms with Gasteiger partial charge in [0.1, 0.15) is 11.5 Å². The van der Waals surface area contributed by atoms with Crippen molar-refractivity contribution in [3.8, 4) is 11.5 Å². The average Bonchev–Trinajstić information content (AvgIpc) is 2.59. The first-order valence-electron chi connectivity index (χ1n) is 7.85. The number of nitrogens with one attached hydrogen (secondary N) is 1. The minimum absolute atomic E-state index is 0.0957. The Bertz CT molecular complexity index is 574. The van der Waals surface area contributed by atoms with E-state index in [1.165, 1.54) is 7.11 Å². The van der Waals surface area contributed by atoms with Gasteiger partial charge in [-0.2, -0.15) is 0 Å². The van der Waals surface area contributed by atoms with Crippen LogP contribution in [0.15, 0.2) is 6.07 Å². The van der Waals surface area contributed by atoms with Gasteiger partial charge in [0.2, 0.25) is 0 Å². The van der Waals surface area contributed by atoms with Gasteiger partial charge in [-0.1, -0.05) is 6.92 Å². The van der Waals surface area contributed by atoms with Crippen LogP contribution in [0.3, 0.4) is 0 Å². The number of methoxy groups -OCH3 is 3. The summed E-state index contributed by atoms with van der Waals surface area (Å²) in [5, 5.41) is 3.16. The molecule has 0 saturated heterocycles. The molecule has 1 aliphatic heterocycles. The largest absolute Gasteiger partial charge is 0.496 e. The minimum atomic E-state index is -0.303. The molecule has 0 radical (unpaired) electrons. The highest BCUT2D eigenvalue weighted by Crippen LogP contribution is 2.40. The lowest BCUT2D eigenvalue weighted by Crippen LogP contribution is -2.44. The lowest BCUT2D eigenvalue weighted by Gasteiger charge is -2.37. The molecule has 1 unspecified atom stereocenters. The van der Waals surface area contributed by atoms with Crippen LogP contribution in [-0.4, -0.2) is 45.4 Å². The highest BCUT2D eigenvalue weighted by atomic mass is 16.5. The third-order valence-electron chi connectivity index (χ3n) is 4.41. The average molecular weight is 322 g/mol. The Labute approximate surface area is 137 Å². The Hall–Kier alpha value is -1.95. The van der Waals surface area contributed by atoms with E-state index >= 15 is 0 Å². The van der Waals surface area contributed by atoms with Crippen molar-refractivity contribution in [2.45, 2.75) is 38.9 Å². The molecule has 128 valence electrons. The number of hydrogen-bond acceptors (Lipinski definition) is 5. The Balaban J connectivity index is 2.55. The predicted molar refractivity (Wildman–Crippen MR) is 88.0 cm³/mol. The van der Waals surface area contributed by atoms with E-state index in [1.54, 1.807) is 19.1 Å². The molecule has 2 rings (SSSR count). The third-order valence-corrected chi connectivity index (χ3v) is 4.41. The molecule has 1 amide bonds. The molecular formula is C17H26N2O4. The van der Waals surface area contributed by atoms with Crippen LogP contribution in [-0.2, 0) is 24.2 Å². The number of ether oxygens (including phenoxy) is 3. The van der Waals surface area contributed by atoms with E-state index in [0.29, 0.717) is 13.1 Å². The maximum atomic E-state index is 12.1. The fourth-order valence-electron chi connectivity index (χ4n) is 3.28. The number of hydrogen-bond donors (Lipinski definition) is 1. The summed E-state index contributed by atoms with van der Waals surface area (Å²) < 4.78 is 16.2. The Morgan fingerprint density at radius 3 is 2.57 bits per heavy atom. The lowest BCUT2D eigenvalue weighted by molar-refractivity contribution is 0.0939. The molecule has 0 spiro atoms. The fraction of sp³-hybridized carbons (Fsp3) is 0.588. The van der Waals surface area contributed by atoms with E-state index in [-0.39, 0.29) is 12.1 Å². The van der Waals surface area contributed by atoms with Crippen molar-refractivity contribution in [3.05, 3.63) is 22.8 Å². The van der Waals surface area contributed by atoms with Crippen molar-refractivity contribution in [2.24, 2.45) is 0 Å². The quantitative estimate of drug-likeness (QED) is 0.901. The minimum Gasteiger partial charge on any atom is -0.496 e. The van der Waals surface area contributed by atoms with Gasteiger partial charge in [0.25, 0.3) is 0 Å². The van der Waals surface area contributed by atoms with Crippen molar-refractivity contribution in [1.29, 1.82) is 0 Å². The van der Waals surface area contributed by atoms with E-state index in [1.807, 2.05) is 13.1 Å². The van der Waals surface area contributed by atoms with Crippen LogP contribution < -0.4 is 14.8 Å². The number of benzene rings is 1. The molecule has 0 aromatic heterocycles. The van der Waals surface area contributed by atoms with Crippen LogP contribution in [0.25, 0.3) is 0 Å². The Kier molecular flexibility index (Phi) is 5.71. The van der Waals surface area contributed by atoms with Gasteiger partial charge in [0, 0.05) is 29.3 Å². The van der Waals surface area contributed by atoms with E-state index in [0.717, 1.165) is 41.0 Å². The number of carbonyl (C=O) groups excluding carboxylic acids is 1. The molecule has 1 aromatic rings. The highest BCUT2D eigenvalue weighted by molar-refractivity contribution is 5.69. The van der Waals surface area contributed by atoms with Gasteiger partial charge in [0.15, 0.2) is 0 Å². The summed E-state index contributed by atoms with van der Waals surface area (Å²) in [6, 6.07) is 2.08. The second kappa shape index (κ2) is 7.55. The van der Waals surface area contributed by atoms with Gasteiger partial charge in [-0.15, -0.1) is 0 Å². The molecule has 6 nitrogen and oxygen atoms in total. The number of fused-ring (bicyclic) bond motifs is 1. The molecule has 0 aliphatic carbocycles. The molecule has 1 heterocycles. The summed E-state index contributed by atoms with van der Waals surface area (Å²) in [6.07, 6.45) is 1.29. The van der Waals surface area contributed by atoms with Crippen molar-refractivity contribution in [2.75, 3.05) is 28.4 Å². The summed E-state index contributed by atoms with van der Waals surface area (Å²) in [7, 11) is 6.66. The van der Waals surface area contributed by atoms with Crippen LogP contribution in [0.5, 0.6) is 11.5 Å². The van der Waals surface area contributed by atoms with Gasteiger partial charge < -0.3 is 24.4 Å². The van der Waals surface area contributed by atoms with E-state index in [2.05, 4.69) is 12.2 Å². The van der Waals surface area contributed by atoms with Gasteiger partial charge in [0.05, 0.1) is 27.9 Å². The van der Waals surface area contributed by atoms with Gasteiger partial charge >= 0.3 is 6.09 Å². The molecule has 0 bridgehead atoms.